The highest BCUT2D eigenvalue weighted by atomic mass is 19.1. The first-order valence-corrected chi connectivity index (χ1v) is 11.9. The van der Waals surface area contributed by atoms with E-state index in [-0.39, 0.29) is 44.7 Å². The van der Waals surface area contributed by atoms with Gasteiger partial charge in [-0.15, -0.1) is 0 Å². The van der Waals surface area contributed by atoms with Crippen LogP contribution in [0, 0.1) is 37.8 Å². The van der Waals surface area contributed by atoms with E-state index in [0.29, 0.717) is 21.9 Å². The van der Waals surface area contributed by atoms with Crippen molar-refractivity contribution in [1.82, 2.24) is 0 Å². The SMILES string of the molecule is [2H]c1c(C([2H])([2H])[2H])c(F)c([2H])[n+](C)c1-c1c(C)ccc2c1oc1c(-c3ccc(-c4ccccc4)cc3C([2H])([2H])[2H])c(C#N)ccc12. The Labute approximate surface area is 232 Å². The van der Waals surface area contributed by atoms with Crippen molar-refractivity contribution < 1.29 is 24.3 Å². The van der Waals surface area contributed by atoms with E-state index in [4.69, 9.17) is 15.4 Å². The smallest absolute Gasteiger partial charge is 0.216 e. The van der Waals surface area contributed by atoms with Crippen LogP contribution in [0.4, 0.5) is 4.39 Å². The molecule has 0 saturated heterocycles. The van der Waals surface area contributed by atoms with E-state index in [2.05, 4.69) is 6.07 Å². The molecule has 38 heavy (non-hydrogen) atoms. The van der Waals surface area contributed by atoms with Crippen LogP contribution in [-0.4, -0.2) is 0 Å². The van der Waals surface area contributed by atoms with Gasteiger partial charge in [0, 0.05) is 30.6 Å². The zero-order chi connectivity index (χ0) is 33.3. The van der Waals surface area contributed by atoms with Crippen molar-refractivity contribution >= 4 is 21.9 Å². The number of halogens is 1. The molecule has 0 fully saturated rings. The standard InChI is InChI=1S/C34H26FN2O/c1-20-10-13-27-28-15-12-25(18-36)32(26-14-11-24(16-21(26)2)23-8-6-5-7-9-23)34(28)38-33(27)31(20)30-17-22(3)29(35)19-37(30)4/h5-17,19H,1-4H3/q+1/i2D3,3D3,17D,19D. The lowest BCUT2D eigenvalue weighted by molar-refractivity contribution is -0.662. The van der Waals surface area contributed by atoms with Gasteiger partial charge in [0.15, 0.2) is 5.82 Å². The summed E-state index contributed by atoms with van der Waals surface area (Å²) in [5.41, 5.74) is 2.64. The lowest BCUT2D eigenvalue weighted by Gasteiger charge is -2.11. The van der Waals surface area contributed by atoms with Gasteiger partial charge in [-0.2, -0.15) is 9.83 Å². The van der Waals surface area contributed by atoms with E-state index in [1.165, 1.54) is 7.05 Å². The highest BCUT2D eigenvalue weighted by molar-refractivity contribution is 6.14. The minimum atomic E-state index is -3.00. The highest BCUT2D eigenvalue weighted by Crippen LogP contribution is 2.43. The molecule has 0 atom stereocenters. The van der Waals surface area contributed by atoms with Crippen LogP contribution in [0.15, 0.2) is 89.4 Å². The Morgan fingerprint density at radius 2 is 1.61 bits per heavy atom. The van der Waals surface area contributed by atoms with Gasteiger partial charge >= 0.3 is 0 Å². The van der Waals surface area contributed by atoms with Crippen molar-refractivity contribution in [2.75, 3.05) is 0 Å². The van der Waals surface area contributed by atoms with Crippen LogP contribution in [0.25, 0.3) is 55.4 Å². The number of benzene rings is 4. The number of hydrogen-bond acceptors (Lipinski definition) is 2. The van der Waals surface area contributed by atoms with Gasteiger partial charge in [0.2, 0.25) is 11.9 Å². The fourth-order valence-corrected chi connectivity index (χ4v) is 4.98. The van der Waals surface area contributed by atoms with Crippen LogP contribution in [0.3, 0.4) is 0 Å². The molecule has 0 bridgehead atoms. The monoisotopic (exact) mass is 505 g/mol. The highest BCUT2D eigenvalue weighted by Gasteiger charge is 2.24. The number of aromatic nitrogens is 1. The van der Waals surface area contributed by atoms with E-state index in [0.717, 1.165) is 10.1 Å². The van der Waals surface area contributed by atoms with Gasteiger partial charge < -0.3 is 4.42 Å². The van der Waals surface area contributed by atoms with Gasteiger partial charge in [0.05, 0.1) is 18.6 Å². The summed E-state index contributed by atoms with van der Waals surface area (Å²) in [6.07, 6.45) is -0.710. The van der Waals surface area contributed by atoms with Gasteiger partial charge in [0.25, 0.3) is 0 Å². The number of pyridine rings is 1. The first kappa shape index (κ1) is 16.2. The molecule has 0 aliphatic carbocycles. The zero-order valence-corrected chi connectivity index (χ0v) is 20.6. The Balaban J connectivity index is 1.72. The molecular weight excluding hydrogens is 471 g/mol. The van der Waals surface area contributed by atoms with Crippen molar-refractivity contribution in [3.63, 3.8) is 0 Å². The molecule has 0 amide bonds. The van der Waals surface area contributed by atoms with E-state index in [1.807, 2.05) is 30.3 Å². The Morgan fingerprint density at radius 3 is 2.34 bits per heavy atom. The molecular formula is C34H26FN2O+. The van der Waals surface area contributed by atoms with Gasteiger partial charge in [0.1, 0.15) is 19.6 Å². The number of nitrogens with zero attached hydrogens (tertiary/aromatic N) is 2. The molecule has 0 aliphatic heterocycles. The number of furan rings is 1. The lowest BCUT2D eigenvalue weighted by Crippen LogP contribution is -2.31. The summed E-state index contributed by atoms with van der Waals surface area (Å²) < 4.78 is 88.7. The van der Waals surface area contributed by atoms with Crippen molar-refractivity contribution in [2.24, 2.45) is 7.05 Å². The molecule has 4 heteroatoms. The number of nitriles is 1. The summed E-state index contributed by atoms with van der Waals surface area (Å²) in [5.74, 6) is -1.30. The van der Waals surface area contributed by atoms with E-state index < -0.39 is 37.3 Å². The predicted molar refractivity (Wildman–Crippen MR) is 150 cm³/mol. The van der Waals surface area contributed by atoms with Crippen molar-refractivity contribution in [3.8, 4) is 39.6 Å². The summed E-state index contributed by atoms with van der Waals surface area (Å²) >= 11 is 0. The van der Waals surface area contributed by atoms with Crippen LogP contribution in [-0.2, 0) is 7.05 Å². The molecule has 0 aliphatic rings. The van der Waals surface area contributed by atoms with Crippen LogP contribution in [0.5, 0.6) is 0 Å². The molecule has 2 heterocycles. The van der Waals surface area contributed by atoms with Crippen LogP contribution in [0.2, 0.25) is 0 Å². The van der Waals surface area contributed by atoms with Crippen molar-refractivity contribution in [2.45, 2.75) is 20.6 Å². The maximum atomic E-state index is 15.1. The second kappa shape index (κ2) is 8.97. The quantitative estimate of drug-likeness (QED) is 0.227. The molecule has 0 N–H and O–H groups in total. The van der Waals surface area contributed by atoms with Crippen LogP contribution < -0.4 is 4.57 Å². The summed E-state index contributed by atoms with van der Waals surface area (Å²) in [5, 5.41) is 11.3. The lowest BCUT2D eigenvalue weighted by atomic mass is 9.91. The van der Waals surface area contributed by atoms with Gasteiger partial charge in [-0.3, -0.25) is 0 Å². The average molecular weight is 506 g/mol. The fourth-order valence-electron chi connectivity index (χ4n) is 4.98. The number of aryl methyl sites for hydroxylation is 2. The first-order chi connectivity index (χ1) is 21.6. The topological polar surface area (TPSA) is 40.8 Å². The van der Waals surface area contributed by atoms with E-state index in [1.54, 1.807) is 49.4 Å². The summed E-state index contributed by atoms with van der Waals surface area (Å²) in [6, 6.07) is 22.7. The summed E-state index contributed by atoms with van der Waals surface area (Å²) in [4.78, 5) is 0. The van der Waals surface area contributed by atoms with Gasteiger partial charge in [-0.1, -0.05) is 60.7 Å². The Hall–Kier alpha value is -4.75. The summed E-state index contributed by atoms with van der Waals surface area (Å²) in [6.45, 7) is -3.83. The molecule has 0 radical (unpaired) electrons. The second-order valence-electron chi connectivity index (χ2n) is 9.17. The summed E-state index contributed by atoms with van der Waals surface area (Å²) in [7, 11) is 1.37. The minimum absolute atomic E-state index is 0.0225. The molecule has 3 nitrogen and oxygen atoms in total. The Kier molecular flexibility index (Phi) is 3.82. The van der Waals surface area contributed by atoms with Crippen molar-refractivity contribution in [1.29, 1.82) is 5.26 Å². The Bertz CT molecular complexity index is 2250. The molecule has 0 unspecified atom stereocenters. The number of fused-ring (bicyclic) bond motifs is 3. The number of rotatable bonds is 3. The van der Waals surface area contributed by atoms with Crippen LogP contribution >= 0.6 is 0 Å². The molecule has 4 aromatic carbocycles. The largest absolute Gasteiger partial charge is 0.454 e. The van der Waals surface area contributed by atoms with E-state index >= 15 is 4.39 Å². The fraction of sp³-hybridized carbons (Fsp3) is 0.118. The third kappa shape index (κ3) is 3.67. The normalized spacial score (nSPS) is 15.0. The molecule has 184 valence electrons. The first-order valence-electron chi connectivity index (χ1n) is 15.9. The molecule has 6 aromatic rings. The van der Waals surface area contributed by atoms with Crippen LogP contribution in [0.1, 0.15) is 33.2 Å². The molecule has 6 rings (SSSR count). The maximum absolute atomic E-state index is 15.1. The number of hydrogen-bond donors (Lipinski definition) is 0. The predicted octanol–water partition coefficient (Wildman–Crippen LogP) is 8.35. The van der Waals surface area contributed by atoms with Crippen molar-refractivity contribution in [3.05, 3.63) is 113 Å². The third-order valence-corrected chi connectivity index (χ3v) is 6.84. The minimum Gasteiger partial charge on any atom is -0.454 e. The maximum Gasteiger partial charge on any atom is 0.216 e. The Morgan fingerprint density at radius 1 is 0.868 bits per heavy atom. The molecule has 0 spiro atoms. The van der Waals surface area contributed by atoms with Gasteiger partial charge in [-0.25, -0.2) is 4.39 Å². The average Bonchev–Trinajstić information content (AvgIpc) is 3.38. The second-order valence-corrected chi connectivity index (χ2v) is 9.17. The van der Waals surface area contributed by atoms with E-state index in [9.17, 15) is 5.26 Å². The zero-order valence-electron chi connectivity index (χ0n) is 28.6. The molecule has 0 saturated carbocycles. The molecule has 2 aromatic heterocycles. The van der Waals surface area contributed by atoms with Gasteiger partial charge in [-0.05, 0) is 66.1 Å². The third-order valence-electron chi connectivity index (χ3n) is 6.84.